The lowest BCUT2D eigenvalue weighted by atomic mass is 10.1. The van der Waals surface area contributed by atoms with Crippen LogP contribution >= 0.6 is 11.6 Å². The van der Waals surface area contributed by atoms with E-state index in [1.807, 2.05) is 0 Å². The fraction of sp³-hybridized carbons (Fsp3) is 0.0455. The third kappa shape index (κ3) is 4.20. The summed E-state index contributed by atoms with van der Waals surface area (Å²) >= 11 is 6.32. The molecule has 2 aromatic carbocycles. The summed E-state index contributed by atoms with van der Waals surface area (Å²) in [5.74, 6) is 0.576. The molecule has 4 aromatic rings. The Morgan fingerprint density at radius 3 is 2.45 bits per heavy atom. The van der Waals surface area contributed by atoms with Crippen molar-refractivity contribution in [2.75, 3.05) is 5.32 Å². The molecule has 0 saturated carbocycles. The third-order valence-corrected chi connectivity index (χ3v) is 4.82. The minimum atomic E-state index is -0.533. The summed E-state index contributed by atoms with van der Waals surface area (Å²) in [6.45, 7) is -0.219. The zero-order chi connectivity index (χ0) is 22.0. The van der Waals surface area contributed by atoms with Gasteiger partial charge >= 0.3 is 0 Å². The number of aliphatic hydroxyl groups excluding tert-OH is 1. The molecule has 0 spiro atoms. The van der Waals surface area contributed by atoms with Crippen LogP contribution in [0.25, 0.3) is 22.6 Å². The molecule has 4 rings (SSSR count). The van der Waals surface area contributed by atoms with E-state index >= 15 is 0 Å². The molecule has 0 aliphatic heterocycles. The number of anilines is 1. The molecule has 2 N–H and O–H groups in total. The standard InChI is InChI=1S/C22H15ClN2O6/c23-17-11-13(5-7-15(17)19-8-6-14(12-26)30-19)24-22(27)21-10-9-20(31-21)16-3-1-2-4-18(16)25(28)29/h1-11,26H,12H2,(H,24,27). The maximum atomic E-state index is 12.6. The maximum absolute atomic E-state index is 12.6. The Kier molecular flexibility index (Phi) is 5.57. The molecular weight excluding hydrogens is 424 g/mol. The van der Waals surface area contributed by atoms with Crippen LogP contribution in [0.1, 0.15) is 16.3 Å². The highest BCUT2D eigenvalue weighted by Gasteiger charge is 2.19. The lowest BCUT2D eigenvalue weighted by molar-refractivity contribution is -0.384. The topological polar surface area (TPSA) is 119 Å². The number of furan rings is 2. The largest absolute Gasteiger partial charge is 0.459 e. The Labute approximate surface area is 180 Å². The number of para-hydroxylation sites is 1. The van der Waals surface area contributed by atoms with Crippen LogP contribution in [-0.2, 0) is 6.61 Å². The van der Waals surface area contributed by atoms with Crippen LogP contribution in [0.2, 0.25) is 5.02 Å². The molecule has 0 aliphatic carbocycles. The monoisotopic (exact) mass is 438 g/mol. The second-order valence-electron chi connectivity index (χ2n) is 6.51. The zero-order valence-corrected chi connectivity index (χ0v) is 16.6. The predicted octanol–water partition coefficient (Wildman–Crippen LogP) is 5.51. The van der Waals surface area contributed by atoms with E-state index in [2.05, 4.69) is 5.32 Å². The number of nitrogens with zero attached hydrogens (tertiary/aromatic N) is 1. The molecule has 1 amide bonds. The fourth-order valence-electron chi connectivity index (χ4n) is 3.04. The summed E-state index contributed by atoms with van der Waals surface area (Å²) in [5.41, 5.74) is 1.19. The molecule has 0 saturated heterocycles. The van der Waals surface area contributed by atoms with Gasteiger partial charge in [-0.2, -0.15) is 0 Å². The van der Waals surface area contributed by atoms with Crippen LogP contribution in [-0.4, -0.2) is 15.9 Å². The van der Waals surface area contributed by atoms with Crippen molar-refractivity contribution >= 4 is 28.9 Å². The van der Waals surface area contributed by atoms with Gasteiger partial charge in [0.2, 0.25) is 0 Å². The SMILES string of the molecule is O=C(Nc1ccc(-c2ccc(CO)o2)c(Cl)c1)c1ccc(-c2ccccc2[N+](=O)[O-])o1. The molecular formula is C22H15ClN2O6. The molecule has 0 atom stereocenters. The highest BCUT2D eigenvalue weighted by atomic mass is 35.5. The van der Waals surface area contributed by atoms with Crippen LogP contribution < -0.4 is 5.32 Å². The third-order valence-electron chi connectivity index (χ3n) is 4.51. The van der Waals surface area contributed by atoms with E-state index in [0.29, 0.717) is 27.8 Å². The van der Waals surface area contributed by atoms with Gasteiger partial charge in [0, 0.05) is 17.3 Å². The molecule has 2 aromatic heterocycles. The molecule has 0 bridgehead atoms. The van der Waals surface area contributed by atoms with Gasteiger partial charge in [-0.3, -0.25) is 14.9 Å². The van der Waals surface area contributed by atoms with Crippen molar-refractivity contribution in [3.63, 3.8) is 0 Å². The van der Waals surface area contributed by atoms with E-state index in [0.717, 1.165) is 0 Å². The van der Waals surface area contributed by atoms with Gasteiger partial charge in [0.25, 0.3) is 11.6 Å². The van der Waals surface area contributed by atoms with E-state index in [1.165, 1.54) is 18.2 Å². The number of halogens is 1. The predicted molar refractivity (Wildman–Crippen MR) is 114 cm³/mol. The molecule has 156 valence electrons. The molecule has 0 unspecified atom stereocenters. The average molecular weight is 439 g/mol. The maximum Gasteiger partial charge on any atom is 0.291 e. The Morgan fingerprint density at radius 2 is 1.74 bits per heavy atom. The van der Waals surface area contributed by atoms with Crippen LogP contribution in [0, 0.1) is 10.1 Å². The van der Waals surface area contributed by atoms with E-state index in [1.54, 1.807) is 48.5 Å². The number of hydrogen-bond acceptors (Lipinski definition) is 6. The number of rotatable bonds is 6. The van der Waals surface area contributed by atoms with E-state index in [4.69, 9.17) is 25.5 Å². The van der Waals surface area contributed by atoms with Gasteiger partial charge in [-0.05, 0) is 48.5 Å². The summed E-state index contributed by atoms with van der Waals surface area (Å²) in [6, 6.07) is 17.3. The van der Waals surface area contributed by atoms with Gasteiger partial charge in [0.15, 0.2) is 5.76 Å². The summed E-state index contributed by atoms with van der Waals surface area (Å²) in [5, 5.41) is 23.3. The first-order chi connectivity index (χ1) is 15.0. The Hall–Kier alpha value is -3.88. The van der Waals surface area contributed by atoms with Crippen molar-refractivity contribution in [2.24, 2.45) is 0 Å². The molecule has 0 radical (unpaired) electrons. The van der Waals surface area contributed by atoms with Crippen molar-refractivity contribution in [1.82, 2.24) is 0 Å². The number of aliphatic hydroxyl groups is 1. The van der Waals surface area contributed by atoms with Crippen molar-refractivity contribution in [3.05, 3.63) is 93.4 Å². The van der Waals surface area contributed by atoms with Gasteiger partial charge < -0.3 is 19.3 Å². The first-order valence-corrected chi connectivity index (χ1v) is 9.48. The van der Waals surface area contributed by atoms with E-state index in [-0.39, 0.29) is 29.4 Å². The first kappa shape index (κ1) is 20.4. The van der Waals surface area contributed by atoms with Gasteiger partial charge in [-0.25, -0.2) is 0 Å². The Bertz CT molecular complexity index is 1280. The van der Waals surface area contributed by atoms with Gasteiger partial charge in [-0.15, -0.1) is 0 Å². The molecule has 0 aliphatic rings. The highest BCUT2D eigenvalue weighted by Crippen LogP contribution is 2.33. The Morgan fingerprint density at radius 1 is 1.00 bits per heavy atom. The van der Waals surface area contributed by atoms with Crippen molar-refractivity contribution in [1.29, 1.82) is 0 Å². The number of nitrogens with one attached hydrogen (secondary N) is 1. The quantitative estimate of drug-likeness (QED) is 0.302. The minimum Gasteiger partial charge on any atom is -0.459 e. The van der Waals surface area contributed by atoms with E-state index < -0.39 is 10.8 Å². The minimum absolute atomic E-state index is 0.00743. The second kappa shape index (κ2) is 8.47. The van der Waals surface area contributed by atoms with E-state index in [9.17, 15) is 14.9 Å². The van der Waals surface area contributed by atoms with Gasteiger partial charge in [-0.1, -0.05) is 23.7 Å². The van der Waals surface area contributed by atoms with Crippen molar-refractivity contribution < 1.29 is 23.7 Å². The average Bonchev–Trinajstić information content (AvgIpc) is 3.44. The molecule has 8 nitrogen and oxygen atoms in total. The lowest BCUT2D eigenvalue weighted by Gasteiger charge is -2.07. The van der Waals surface area contributed by atoms with Gasteiger partial charge in [0.1, 0.15) is 23.9 Å². The number of carbonyl (C=O) groups is 1. The van der Waals surface area contributed by atoms with Crippen molar-refractivity contribution in [2.45, 2.75) is 6.61 Å². The smallest absolute Gasteiger partial charge is 0.291 e. The molecule has 9 heteroatoms. The summed E-state index contributed by atoms with van der Waals surface area (Å²) in [6.07, 6.45) is 0. The first-order valence-electron chi connectivity index (χ1n) is 9.10. The van der Waals surface area contributed by atoms with Crippen molar-refractivity contribution in [3.8, 4) is 22.6 Å². The number of benzene rings is 2. The van der Waals surface area contributed by atoms with Crippen LogP contribution in [0.4, 0.5) is 11.4 Å². The number of nitro groups is 1. The number of amides is 1. The number of nitro benzene ring substituents is 1. The highest BCUT2D eigenvalue weighted by molar-refractivity contribution is 6.33. The normalized spacial score (nSPS) is 10.8. The summed E-state index contributed by atoms with van der Waals surface area (Å²) in [4.78, 5) is 23.3. The number of hydrogen-bond donors (Lipinski definition) is 2. The molecule has 2 heterocycles. The Balaban J connectivity index is 1.53. The fourth-order valence-corrected chi connectivity index (χ4v) is 3.31. The summed E-state index contributed by atoms with van der Waals surface area (Å²) < 4.78 is 11.0. The van der Waals surface area contributed by atoms with Crippen LogP contribution in [0.15, 0.2) is 75.6 Å². The van der Waals surface area contributed by atoms with Gasteiger partial charge in [0.05, 0.1) is 15.5 Å². The van der Waals surface area contributed by atoms with Crippen LogP contribution in [0.5, 0.6) is 0 Å². The zero-order valence-electron chi connectivity index (χ0n) is 15.9. The molecule has 0 fully saturated rings. The second-order valence-corrected chi connectivity index (χ2v) is 6.92. The number of carbonyl (C=O) groups excluding carboxylic acids is 1. The summed E-state index contributed by atoms with van der Waals surface area (Å²) in [7, 11) is 0. The lowest BCUT2D eigenvalue weighted by Crippen LogP contribution is -2.10. The molecule has 31 heavy (non-hydrogen) atoms. The van der Waals surface area contributed by atoms with Crippen LogP contribution in [0.3, 0.4) is 0 Å².